The van der Waals surface area contributed by atoms with Gasteiger partial charge in [0.2, 0.25) is 0 Å². The minimum absolute atomic E-state index is 0.0724. The highest BCUT2D eigenvalue weighted by atomic mass is 14.9. The Morgan fingerprint density at radius 2 is 1.02 bits per heavy atom. The maximum absolute atomic E-state index is 5.25. The van der Waals surface area contributed by atoms with Gasteiger partial charge >= 0.3 is 0 Å². The number of nitrogens with zero attached hydrogens (tertiary/aromatic N) is 3. The number of fused-ring (bicyclic) bond motifs is 6. The lowest BCUT2D eigenvalue weighted by Crippen LogP contribution is -2.14. The lowest BCUT2D eigenvalue weighted by molar-refractivity contribution is 0.661. The van der Waals surface area contributed by atoms with E-state index in [1.54, 1.807) is 6.20 Å². The number of pyridine rings is 1. The predicted molar refractivity (Wildman–Crippen MR) is 220 cm³/mol. The molecule has 1 aliphatic carbocycles. The van der Waals surface area contributed by atoms with Crippen LogP contribution in [0, 0.1) is 0 Å². The maximum Gasteiger partial charge on any atom is 0.161 e. The average molecular weight is 678 g/mol. The third kappa shape index (κ3) is 5.16. The average Bonchev–Trinajstić information content (AvgIpc) is 3.46. The Morgan fingerprint density at radius 3 is 1.77 bits per heavy atom. The normalized spacial score (nSPS) is 12.9. The van der Waals surface area contributed by atoms with Crippen molar-refractivity contribution in [3.05, 3.63) is 187 Å². The van der Waals surface area contributed by atoms with E-state index in [0.29, 0.717) is 5.82 Å². The second kappa shape index (κ2) is 12.2. The van der Waals surface area contributed by atoms with Crippen LogP contribution in [0.5, 0.6) is 0 Å². The molecule has 0 spiro atoms. The molecule has 7 aromatic carbocycles. The first kappa shape index (κ1) is 31.1. The molecule has 0 fully saturated rings. The van der Waals surface area contributed by atoms with Gasteiger partial charge in [0.1, 0.15) is 0 Å². The maximum atomic E-state index is 5.25. The third-order valence-electron chi connectivity index (χ3n) is 11.0. The third-order valence-corrected chi connectivity index (χ3v) is 11.0. The summed E-state index contributed by atoms with van der Waals surface area (Å²) in [7, 11) is 0. The Kier molecular flexibility index (Phi) is 7.16. The highest BCUT2D eigenvalue weighted by Crippen LogP contribution is 2.52. The summed E-state index contributed by atoms with van der Waals surface area (Å²) < 4.78 is 0. The summed E-state index contributed by atoms with van der Waals surface area (Å²) >= 11 is 0. The first-order valence-electron chi connectivity index (χ1n) is 18.2. The van der Waals surface area contributed by atoms with Crippen molar-refractivity contribution in [2.75, 3.05) is 0 Å². The number of hydrogen-bond acceptors (Lipinski definition) is 3. The molecule has 250 valence electrons. The molecule has 0 aliphatic heterocycles. The van der Waals surface area contributed by atoms with Crippen molar-refractivity contribution in [3.63, 3.8) is 0 Å². The van der Waals surface area contributed by atoms with Gasteiger partial charge in [0, 0.05) is 34.5 Å². The van der Waals surface area contributed by atoms with Gasteiger partial charge < -0.3 is 0 Å². The van der Waals surface area contributed by atoms with Crippen LogP contribution in [-0.2, 0) is 5.41 Å². The van der Waals surface area contributed by atoms with Crippen LogP contribution in [0.1, 0.15) is 25.0 Å². The molecule has 1 aliphatic rings. The zero-order chi connectivity index (χ0) is 35.5. The summed E-state index contributed by atoms with van der Waals surface area (Å²) in [5.41, 5.74) is 14.9. The number of aromatic nitrogens is 3. The van der Waals surface area contributed by atoms with Crippen LogP contribution < -0.4 is 0 Å². The van der Waals surface area contributed by atoms with E-state index < -0.39 is 0 Å². The lowest BCUT2D eigenvalue weighted by atomic mass is 9.81. The molecule has 0 N–H and O–H groups in total. The molecular weight excluding hydrogens is 643 g/mol. The van der Waals surface area contributed by atoms with Crippen molar-refractivity contribution < 1.29 is 0 Å². The summed E-state index contributed by atoms with van der Waals surface area (Å²) in [6.45, 7) is 4.70. The molecule has 10 rings (SSSR count). The van der Waals surface area contributed by atoms with Gasteiger partial charge in [-0.05, 0) is 90.3 Å². The second-order valence-electron chi connectivity index (χ2n) is 14.4. The first-order valence-corrected chi connectivity index (χ1v) is 18.2. The Labute approximate surface area is 309 Å². The SMILES string of the molecule is CC1(C)c2ccc(-c3ccc(-c4nc(-c5ccccc5)cc(-c5ccc(-c6cccnc6)cc5)n4)c4ccccc34)cc2-c2c1ccc1ccccc21. The zero-order valence-electron chi connectivity index (χ0n) is 29.6. The van der Waals surface area contributed by atoms with E-state index in [1.165, 1.54) is 49.5 Å². The minimum atomic E-state index is -0.0724. The standard InChI is InChI=1S/C50H35N3/c1-50(2)44-26-23-36(29-43(44)48-39-15-7-6-11-33(39)22-27-45(48)50)38-24-25-42(41-17-9-8-16-40(38)41)49-52-46(34-12-4-3-5-13-34)30-47(53-49)35-20-18-32(19-21-35)37-14-10-28-51-31-37/h3-31H,1-2H3. The molecule has 0 atom stereocenters. The lowest BCUT2D eigenvalue weighted by Gasteiger charge is -2.21. The van der Waals surface area contributed by atoms with Gasteiger partial charge in [-0.1, -0.05) is 153 Å². The van der Waals surface area contributed by atoms with Crippen LogP contribution in [0.3, 0.4) is 0 Å². The van der Waals surface area contributed by atoms with Crippen LogP contribution in [0.25, 0.3) is 88.8 Å². The molecule has 2 heterocycles. The van der Waals surface area contributed by atoms with E-state index in [4.69, 9.17) is 9.97 Å². The van der Waals surface area contributed by atoms with Crippen molar-refractivity contribution in [2.24, 2.45) is 0 Å². The van der Waals surface area contributed by atoms with Crippen LogP contribution in [0.15, 0.2) is 176 Å². The van der Waals surface area contributed by atoms with E-state index in [0.717, 1.165) is 44.6 Å². The van der Waals surface area contributed by atoms with Crippen LogP contribution in [-0.4, -0.2) is 15.0 Å². The summed E-state index contributed by atoms with van der Waals surface area (Å²) in [4.78, 5) is 14.8. The van der Waals surface area contributed by atoms with Gasteiger partial charge in [-0.3, -0.25) is 4.98 Å². The van der Waals surface area contributed by atoms with Crippen LogP contribution >= 0.6 is 0 Å². The summed E-state index contributed by atoms with van der Waals surface area (Å²) in [5, 5.41) is 4.89. The van der Waals surface area contributed by atoms with E-state index in [2.05, 4.69) is 170 Å². The van der Waals surface area contributed by atoms with Gasteiger partial charge in [0.05, 0.1) is 11.4 Å². The van der Waals surface area contributed by atoms with E-state index in [1.807, 2.05) is 18.3 Å². The molecule has 0 saturated heterocycles. The van der Waals surface area contributed by atoms with Crippen molar-refractivity contribution >= 4 is 21.5 Å². The predicted octanol–water partition coefficient (Wildman–Crippen LogP) is 12.8. The summed E-state index contributed by atoms with van der Waals surface area (Å²) in [6, 6.07) is 58.6. The zero-order valence-corrected chi connectivity index (χ0v) is 29.6. The summed E-state index contributed by atoms with van der Waals surface area (Å²) in [5.74, 6) is 0.705. The van der Waals surface area contributed by atoms with Crippen molar-refractivity contribution in [2.45, 2.75) is 19.3 Å². The molecule has 9 aromatic rings. The number of benzene rings is 7. The molecule has 0 bridgehead atoms. The smallest absolute Gasteiger partial charge is 0.161 e. The number of hydrogen-bond donors (Lipinski definition) is 0. The fourth-order valence-corrected chi connectivity index (χ4v) is 8.28. The van der Waals surface area contributed by atoms with Crippen LogP contribution in [0.2, 0.25) is 0 Å². The second-order valence-corrected chi connectivity index (χ2v) is 14.4. The molecular formula is C50H35N3. The monoisotopic (exact) mass is 677 g/mol. The first-order chi connectivity index (χ1) is 26.0. The molecule has 3 nitrogen and oxygen atoms in total. The molecule has 0 amide bonds. The molecule has 0 saturated carbocycles. The van der Waals surface area contributed by atoms with Crippen LogP contribution in [0.4, 0.5) is 0 Å². The van der Waals surface area contributed by atoms with Gasteiger partial charge in [0.15, 0.2) is 5.82 Å². The molecule has 0 radical (unpaired) electrons. The van der Waals surface area contributed by atoms with Gasteiger partial charge in [0.25, 0.3) is 0 Å². The van der Waals surface area contributed by atoms with Crippen molar-refractivity contribution in [1.82, 2.24) is 15.0 Å². The van der Waals surface area contributed by atoms with E-state index in [-0.39, 0.29) is 5.41 Å². The topological polar surface area (TPSA) is 38.7 Å². The molecule has 0 unspecified atom stereocenters. The molecule has 3 heteroatoms. The highest BCUT2D eigenvalue weighted by molar-refractivity contribution is 6.07. The quantitative estimate of drug-likeness (QED) is 0.182. The van der Waals surface area contributed by atoms with E-state index >= 15 is 0 Å². The summed E-state index contributed by atoms with van der Waals surface area (Å²) in [6.07, 6.45) is 3.69. The minimum Gasteiger partial charge on any atom is -0.264 e. The van der Waals surface area contributed by atoms with Crippen molar-refractivity contribution in [3.8, 4) is 67.3 Å². The Balaban J connectivity index is 1.12. The Hall–Kier alpha value is -6.71. The fourth-order valence-electron chi connectivity index (χ4n) is 8.28. The largest absolute Gasteiger partial charge is 0.264 e. The Bertz CT molecular complexity index is 2840. The van der Waals surface area contributed by atoms with E-state index in [9.17, 15) is 0 Å². The van der Waals surface area contributed by atoms with Gasteiger partial charge in [-0.25, -0.2) is 9.97 Å². The Morgan fingerprint density at radius 1 is 0.415 bits per heavy atom. The van der Waals surface area contributed by atoms with Gasteiger partial charge in [-0.15, -0.1) is 0 Å². The molecule has 53 heavy (non-hydrogen) atoms. The highest BCUT2D eigenvalue weighted by Gasteiger charge is 2.36. The number of rotatable bonds is 5. The van der Waals surface area contributed by atoms with Gasteiger partial charge in [-0.2, -0.15) is 0 Å². The molecule has 2 aromatic heterocycles. The fraction of sp³-hybridized carbons (Fsp3) is 0.0600. The van der Waals surface area contributed by atoms with Crippen molar-refractivity contribution in [1.29, 1.82) is 0 Å².